The third-order valence-corrected chi connectivity index (χ3v) is 7.14. The number of aromatic amines is 1. The molecular weight excluding hydrogens is 394 g/mol. The highest BCUT2D eigenvalue weighted by atomic mass is 32.2. The van der Waals surface area contributed by atoms with Crippen molar-refractivity contribution in [2.24, 2.45) is 5.92 Å². The van der Waals surface area contributed by atoms with Gasteiger partial charge in [0.1, 0.15) is 5.82 Å². The van der Waals surface area contributed by atoms with Crippen LogP contribution in [0.1, 0.15) is 38.6 Å². The van der Waals surface area contributed by atoms with Crippen LogP contribution in [0.5, 0.6) is 0 Å². The Hall–Kier alpha value is -2.68. The molecule has 0 bridgehead atoms. The van der Waals surface area contributed by atoms with Crippen LogP contribution in [0.25, 0.3) is 0 Å². The van der Waals surface area contributed by atoms with Crippen LogP contribution in [0.4, 0.5) is 0 Å². The molecule has 1 heterocycles. The molecule has 9 heteroatoms. The molecule has 1 amide bonds. The summed E-state index contributed by atoms with van der Waals surface area (Å²) in [6, 6.07) is 9.44. The molecule has 158 valence electrons. The summed E-state index contributed by atoms with van der Waals surface area (Å²) in [6.07, 6.45) is 3.79. The number of hydrogen-bond donors (Lipinski definition) is 2. The molecular formula is C20H27N3O5S. The molecule has 0 saturated carbocycles. The molecule has 0 saturated heterocycles. The fourth-order valence-electron chi connectivity index (χ4n) is 2.51. The third-order valence-electron chi connectivity index (χ3n) is 4.43. The molecule has 0 aliphatic heterocycles. The zero-order chi connectivity index (χ0) is 21.5. The van der Waals surface area contributed by atoms with Gasteiger partial charge < -0.3 is 9.82 Å². The van der Waals surface area contributed by atoms with Gasteiger partial charge in [0, 0.05) is 25.2 Å². The molecule has 0 unspecified atom stereocenters. The van der Waals surface area contributed by atoms with Gasteiger partial charge in [0.25, 0.3) is 5.91 Å². The van der Waals surface area contributed by atoms with E-state index in [4.69, 9.17) is 4.84 Å². The van der Waals surface area contributed by atoms with Crippen LogP contribution in [0.15, 0.2) is 42.7 Å². The Balaban J connectivity index is 1.96. The van der Waals surface area contributed by atoms with E-state index in [1.54, 1.807) is 27.0 Å². The minimum Gasteiger partial charge on any atom is -0.349 e. The van der Waals surface area contributed by atoms with E-state index in [1.807, 2.05) is 30.3 Å². The standard InChI is InChI=1S/C20H27N3O5S/c1-20(2,3)29(26,27)14-16(13-17-21-11-12-22-17)19(25)28-23-18(24)10-9-15-7-5-4-6-8-15/h4-8,11-12,16H,9-10,13-14H2,1-3H3,(H,21,22)(H,23,24)/t16-/m1/s1. The third kappa shape index (κ3) is 7.01. The van der Waals surface area contributed by atoms with Gasteiger partial charge in [0.2, 0.25) is 0 Å². The zero-order valence-corrected chi connectivity index (χ0v) is 17.7. The smallest absolute Gasteiger partial charge is 0.336 e. The summed E-state index contributed by atoms with van der Waals surface area (Å²) >= 11 is 0. The van der Waals surface area contributed by atoms with E-state index in [0.29, 0.717) is 12.2 Å². The molecule has 29 heavy (non-hydrogen) atoms. The van der Waals surface area contributed by atoms with Gasteiger partial charge in [-0.1, -0.05) is 30.3 Å². The van der Waals surface area contributed by atoms with Gasteiger partial charge in [-0.15, -0.1) is 0 Å². The predicted molar refractivity (Wildman–Crippen MR) is 108 cm³/mol. The molecule has 2 N–H and O–H groups in total. The molecule has 2 rings (SSSR count). The number of rotatable bonds is 8. The highest BCUT2D eigenvalue weighted by Gasteiger charge is 2.36. The van der Waals surface area contributed by atoms with Crippen LogP contribution < -0.4 is 5.48 Å². The summed E-state index contributed by atoms with van der Waals surface area (Å²) < 4.78 is 24.1. The fraction of sp³-hybridized carbons (Fsp3) is 0.450. The average Bonchev–Trinajstić information content (AvgIpc) is 3.16. The summed E-state index contributed by atoms with van der Waals surface area (Å²) in [4.78, 5) is 36.3. The second-order valence-corrected chi connectivity index (χ2v) is 10.6. The van der Waals surface area contributed by atoms with Gasteiger partial charge in [0.05, 0.1) is 16.4 Å². The van der Waals surface area contributed by atoms with Crippen LogP contribution in [-0.4, -0.2) is 40.8 Å². The number of aromatic nitrogens is 2. The van der Waals surface area contributed by atoms with E-state index < -0.39 is 38.1 Å². The Morgan fingerprint density at radius 1 is 1.21 bits per heavy atom. The Labute approximate surface area is 170 Å². The minimum atomic E-state index is -3.59. The van der Waals surface area contributed by atoms with Gasteiger partial charge >= 0.3 is 5.97 Å². The molecule has 1 atom stereocenters. The lowest BCUT2D eigenvalue weighted by Gasteiger charge is -2.22. The Kier molecular flexibility index (Phi) is 7.55. The molecule has 0 fully saturated rings. The van der Waals surface area contributed by atoms with E-state index in [9.17, 15) is 18.0 Å². The number of hydrogen-bond acceptors (Lipinski definition) is 6. The highest BCUT2D eigenvalue weighted by molar-refractivity contribution is 7.92. The molecule has 0 aliphatic rings. The summed E-state index contributed by atoms with van der Waals surface area (Å²) in [7, 11) is -3.59. The average molecular weight is 422 g/mol. The summed E-state index contributed by atoms with van der Waals surface area (Å²) in [5.74, 6) is -2.22. The van der Waals surface area contributed by atoms with Crippen molar-refractivity contribution in [2.45, 2.75) is 44.8 Å². The SMILES string of the molecule is CC(C)(C)S(=O)(=O)C[C@@H](Cc1ncc[nH]1)C(=O)ONC(=O)CCc1ccccc1. The largest absolute Gasteiger partial charge is 0.349 e. The second kappa shape index (κ2) is 9.69. The summed E-state index contributed by atoms with van der Waals surface area (Å²) in [5, 5.41) is 0. The van der Waals surface area contributed by atoms with Crippen molar-refractivity contribution < 1.29 is 22.8 Å². The first-order valence-electron chi connectivity index (χ1n) is 9.32. The van der Waals surface area contributed by atoms with Crippen LogP contribution in [0, 0.1) is 5.92 Å². The van der Waals surface area contributed by atoms with Gasteiger partial charge in [-0.3, -0.25) is 4.79 Å². The number of benzene rings is 1. The monoisotopic (exact) mass is 421 g/mol. The van der Waals surface area contributed by atoms with Crippen molar-refractivity contribution in [3.05, 3.63) is 54.1 Å². The maximum Gasteiger partial charge on any atom is 0.336 e. The van der Waals surface area contributed by atoms with Crippen molar-refractivity contribution in [2.75, 3.05) is 5.75 Å². The normalized spacial score (nSPS) is 12.9. The van der Waals surface area contributed by atoms with Crippen LogP contribution in [0.2, 0.25) is 0 Å². The maximum atomic E-state index is 12.6. The Morgan fingerprint density at radius 2 is 1.90 bits per heavy atom. The van der Waals surface area contributed by atoms with Crippen molar-refractivity contribution in [3.8, 4) is 0 Å². The van der Waals surface area contributed by atoms with Crippen LogP contribution in [0.3, 0.4) is 0 Å². The van der Waals surface area contributed by atoms with Crippen LogP contribution >= 0.6 is 0 Å². The number of imidazole rings is 1. The molecule has 8 nitrogen and oxygen atoms in total. The van der Waals surface area contributed by atoms with Gasteiger partial charge in [-0.05, 0) is 32.8 Å². The van der Waals surface area contributed by atoms with E-state index in [1.165, 1.54) is 6.20 Å². The molecule has 0 radical (unpaired) electrons. The first-order chi connectivity index (χ1) is 13.6. The fourth-order valence-corrected chi connectivity index (χ4v) is 3.80. The number of carbonyl (C=O) groups excluding carboxylic acids is 2. The number of H-pyrrole nitrogens is 1. The number of aryl methyl sites for hydroxylation is 1. The lowest BCUT2D eigenvalue weighted by atomic mass is 10.1. The quantitative estimate of drug-likeness (QED) is 0.629. The lowest BCUT2D eigenvalue weighted by molar-refractivity contribution is -0.161. The Morgan fingerprint density at radius 3 is 2.48 bits per heavy atom. The van der Waals surface area contributed by atoms with Gasteiger partial charge in [-0.2, -0.15) is 5.48 Å². The predicted octanol–water partition coefficient (Wildman–Crippen LogP) is 1.99. The number of carbonyl (C=O) groups is 2. The number of nitrogens with one attached hydrogen (secondary N) is 2. The molecule has 1 aromatic heterocycles. The van der Waals surface area contributed by atoms with Crippen molar-refractivity contribution in [1.29, 1.82) is 0 Å². The van der Waals surface area contributed by atoms with E-state index >= 15 is 0 Å². The van der Waals surface area contributed by atoms with Gasteiger partial charge in [0.15, 0.2) is 9.84 Å². The van der Waals surface area contributed by atoms with Crippen LogP contribution in [-0.2, 0) is 37.1 Å². The topological polar surface area (TPSA) is 118 Å². The minimum absolute atomic E-state index is 0.0566. The Bertz CT molecular complexity index is 903. The molecule has 2 aromatic rings. The maximum absolute atomic E-state index is 12.6. The molecule has 1 aromatic carbocycles. The first kappa shape index (κ1) is 22.6. The highest BCUT2D eigenvalue weighted by Crippen LogP contribution is 2.21. The number of amides is 1. The summed E-state index contributed by atoms with van der Waals surface area (Å²) in [5.41, 5.74) is 3.11. The van der Waals surface area contributed by atoms with Crippen molar-refractivity contribution >= 4 is 21.7 Å². The second-order valence-electron chi connectivity index (χ2n) is 7.76. The number of hydroxylamine groups is 1. The van der Waals surface area contributed by atoms with Crippen molar-refractivity contribution in [1.82, 2.24) is 15.4 Å². The first-order valence-corrected chi connectivity index (χ1v) is 11.0. The lowest BCUT2D eigenvalue weighted by Crippen LogP contribution is -2.39. The van der Waals surface area contributed by atoms with E-state index in [2.05, 4.69) is 15.4 Å². The number of nitrogens with zero attached hydrogens (tertiary/aromatic N) is 1. The summed E-state index contributed by atoms with van der Waals surface area (Å²) in [6.45, 7) is 4.72. The van der Waals surface area contributed by atoms with E-state index in [-0.39, 0.29) is 12.8 Å². The van der Waals surface area contributed by atoms with Crippen molar-refractivity contribution in [3.63, 3.8) is 0 Å². The van der Waals surface area contributed by atoms with Gasteiger partial charge in [-0.25, -0.2) is 18.2 Å². The molecule has 0 aliphatic carbocycles. The zero-order valence-electron chi connectivity index (χ0n) is 16.8. The molecule has 0 spiro atoms. The number of sulfone groups is 1. The van der Waals surface area contributed by atoms with E-state index in [0.717, 1.165) is 5.56 Å².